The SMILES string of the molecule is OC(c1ccn(Cc2ccc3ccccc3n2)c1)C1CC1. The van der Waals surface area contributed by atoms with E-state index in [1.54, 1.807) is 0 Å². The molecular formula is C18H18N2O. The Morgan fingerprint density at radius 3 is 2.86 bits per heavy atom. The minimum Gasteiger partial charge on any atom is -0.388 e. The Balaban J connectivity index is 1.56. The molecule has 21 heavy (non-hydrogen) atoms. The Labute approximate surface area is 123 Å². The van der Waals surface area contributed by atoms with Crippen LogP contribution in [0.1, 0.15) is 30.2 Å². The molecule has 106 valence electrons. The maximum atomic E-state index is 10.2. The van der Waals surface area contributed by atoms with Crippen LogP contribution in [0.4, 0.5) is 0 Å². The first-order valence-electron chi connectivity index (χ1n) is 7.48. The van der Waals surface area contributed by atoms with Gasteiger partial charge in [-0.1, -0.05) is 24.3 Å². The Kier molecular flexibility index (Phi) is 3.00. The highest BCUT2D eigenvalue weighted by molar-refractivity contribution is 5.78. The maximum Gasteiger partial charge on any atom is 0.0832 e. The third-order valence-electron chi connectivity index (χ3n) is 4.18. The molecular weight excluding hydrogens is 260 g/mol. The van der Waals surface area contributed by atoms with Crippen molar-refractivity contribution in [2.45, 2.75) is 25.5 Å². The van der Waals surface area contributed by atoms with Crippen LogP contribution in [-0.2, 0) is 6.54 Å². The van der Waals surface area contributed by atoms with Crippen LogP contribution in [0.2, 0.25) is 0 Å². The van der Waals surface area contributed by atoms with E-state index in [2.05, 4.69) is 27.8 Å². The van der Waals surface area contributed by atoms with Crippen LogP contribution in [0.25, 0.3) is 10.9 Å². The monoisotopic (exact) mass is 278 g/mol. The number of pyridine rings is 1. The Morgan fingerprint density at radius 2 is 2.00 bits per heavy atom. The Morgan fingerprint density at radius 1 is 1.14 bits per heavy atom. The number of hydrogen-bond donors (Lipinski definition) is 1. The van der Waals surface area contributed by atoms with Crippen molar-refractivity contribution in [3.05, 3.63) is 66.1 Å². The van der Waals surface area contributed by atoms with Crippen LogP contribution < -0.4 is 0 Å². The number of rotatable bonds is 4. The fraction of sp³-hybridized carbons (Fsp3) is 0.278. The standard InChI is InChI=1S/C18H18N2O/c21-18(14-5-6-14)15-9-10-20(11-15)12-16-8-7-13-3-1-2-4-17(13)19-16/h1-4,7-11,14,18,21H,5-6,12H2. The van der Waals surface area contributed by atoms with Crippen LogP contribution in [-0.4, -0.2) is 14.7 Å². The molecule has 0 spiro atoms. The van der Waals surface area contributed by atoms with Gasteiger partial charge in [0.2, 0.25) is 0 Å². The molecule has 0 amide bonds. The smallest absolute Gasteiger partial charge is 0.0832 e. The summed E-state index contributed by atoms with van der Waals surface area (Å²) < 4.78 is 2.10. The van der Waals surface area contributed by atoms with Gasteiger partial charge in [0.25, 0.3) is 0 Å². The molecule has 0 saturated heterocycles. The second-order valence-corrected chi connectivity index (χ2v) is 5.89. The van der Waals surface area contributed by atoms with Gasteiger partial charge in [-0.25, -0.2) is 0 Å². The number of nitrogens with zero attached hydrogens (tertiary/aromatic N) is 2. The van der Waals surface area contributed by atoms with E-state index in [9.17, 15) is 5.11 Å². The first-order chi connectivity index (χ1) is 10.3. The number of aliphatic hydroxyl groups is 1. The lowest BCUT2D eigenvalue weighted by molar-refractivity contribution is 0.154. The van der Waals surface area contributed by atoms with Crippen molar-refractivity contribution in [1.82, 2.24) is 9.55 Å². The summed E-state index contributed by atoms with van der Waals surface area (Å²) >= 11 is 0. The first-order valence-corrected chi connectivity index (χ1v) is 7.48. The van der Waals surface area contributed by atoms with E-state index >= 15 is 0 Å². The lowest BCUT2D eigenvalue weighted by Crippen LogP contribution is -2.01. The normalized spacial score (nSPS) is 16.2. The van der Waals surface area contributed by atoms with Gasteiger partial charge in [-0.3, -0.25) is 4.98 Å². The van der Waals surface area contributed by atoms with E-state index in [1.807, 2.05) is 36.7 Å². The minimum absolute atomic E-state index is 0.296. The summed E-state index contributed by atoms with van der Waals surface area (Å²) in [6.45, 7) is 0.738. The summed E-state index contributed by atoms with van der Waals surface area (Å²) in [6, 6.07) is 14.4. The summed E-state index contributed by atoms with van der Waals surface area (Å²) in [6.07, 6.45) is 6.07. The largest absolute Gasteiger partial charge is 0.388 e. The van der Waals surface area contributed by atoms with Crippen LogP contribution in [0.3, 0.4) is 0 Å². The lowest BCUT2D eigenvalue weighted by Gasteiger charge is -2.07. The quantitative estimate of drug-likeness (QED) is 0.793. The van der Waals surface area contributed by atoms with Crippen molar-refractivity contribution in [2.75, 3.05) is 0 Å². The van der Waals surface area contributed by atoms with Gasteiger partial charge in [-0.2, -0.15) is 0 Å². The highest BCUT2D eigenvalue weighted by Gasteiger charge is 2.31. The average Bonchev–Trinajstić information content (AvgIpc) is 3.26. The van der Waals surface area contributed by atoms with E-state index in [1.165, 1.54) is 5.39 Å². The molecule has 1 aliphatic rings. The van der Waals surface area contributed by atoms with E-state index < -0.39 is 0 Å². The zero-order valence-corrected chi connectivity index (χ0v) is 11.8. The van der Waals surface area contributed by atoms with E-state index in [4.69, 9.17) is 0 Å². The number of para-hydroxylation sites is 1. The second kappa shape index (κ2) is 5.01. The summed E-state index contributed by atoms with van der Waals surface area (Å²) in [5.74, 6) is 0.472. The van der Waals surface area contributed by atoms with Crippen molar-refractivity contribution in [3.63, 3.8) is 0 Å². The van der Waals surface area contributed by atoms with Crippen LogP contribution >= 0.6 is 0 Å². The van der Waals surface area contributed by atoms with Crippen molar-refractivity contribution in [1.29, 1.82) is 0 Å². The van der Waals surface area contributed by atoms with Gasteiger partial charge in [-0.05, 0) is 42.5 Å². The molecule has 0 aliphatic heterocycles. The number of aliphatic hydroxyl groups excluding tert-OH is 1. The Hall–Kier alpha value is -2.13. The van der Waals surface area contributed by atoms with Crippen LogP contribution in [0.15, 0.2) is 54.9 Å². The molecule has 4 rings (SSSR count). The fourth-order valence-electron chi connectivity index (χ4n) is 2.80. The number of hydrogen-bond acceptors (Lipinski definition) is 2. The predicted molar refractivity (Wildman–Crippen MR) is 83.0 cm³/mol. The van der Waals surface area contributed by atoms with E-state index in [0.717, 1.165) is 36.2 Å². The molecule has 0 radical (unpaired) electrons. The zero-order valence-electron chi connectivity index (χ0n) is 11.8. The van der Waals surface area contributed by atoms with Crippen molar-refractivity contribution < 1.29 is 5.11 Å². The summed E-state index contributed by atoms with van der Waals surface area (Å²) in [5.41, 5.74) is 3.09. The molecule has 0 bridgehead atoms. The van der Waals surface area contributed by atoms with Crippen molar-refractivity contribution in [3.8, 4) is 0 Å². The predicted octanol–water partition coefficient (Wildman–Crippen LogP) is 3.53. The van der Waals surface area contributed by atoms with Crippen LogP contribution in [0, 0.1) is 5.92 Å². The summed E-state index contributed by atoms with van der Waals surface area (Å²) in [4.78, 5) is 4.69. The first kappa shape index (κ1) is 12.6. The summed E-state index contributed by atoms with van der Waals surface area (Å²) in [7, 11) is 0. The number of fused-ring (bicyclic) bond motifs is 1. The van der Waals surface area contributed by atoms with Gasteiger partial charge < -0.3 is 9.67 Å². The molecule has 1 atom stereocenters. The maximum absolute atomic E-state index is 10.2. The molecule has 3 aromatic rings. The highest BCUT2D eigenvalue weighted by Crippen LogP contribution is 2.40. The number of benzene rings is 1. The highest BCUT2D eigenvalue weighted by atomic mass is 16.3. The van der Waals surface area contributed by atoms with Gasteiger partial charge >= 0.3 is 0 Å². The second-order valence-electron chi connectivity index (χ2n) is 5.89. The fourth-order valence-corrected chi connectivity index (χ4v) is 2.80. The molecule has 1 aromatic carbocycles. The average molecular weight is 278 g/mol. The molecule has 1 unspecified atom stereocenters. The van der Waals surface area contributed by atoms with E-state index in [0.29, 0.717) is 5.92 Å². The molecule has 1 aliphatic carbocycles. The molecule has 3 nitrogen and oxygen atoms in total. The molecule has 1 N–H and O–H groups in total. The molecule has 2 heterocycles. The van der Waals surface area contributed by atoms with Gasteiger partial charge in [0.15, 0.2) is 0 Å². The minimum atomic E-state index is -0.296. The van der Waals surface area contributed by atoms with Gasteiger partial charge in [0.1, 0.15) is 0 Å². The lowest BCUT2D eigenvalue weighted by atomic mass is 10.1. The van der Waals surface area contributed by atoms with Gasteiger partial charge in [0.05, 0.1) is 23.9 Å². The molecule has 2 aromatic heterocycles. The third-order valence-corrected chi connectivity index (χ3v) is 4.18. The van der Waals surface area contributed by atoms with E-state index in [-0.39, 0.29) is 6.10 Å². The zero-order chi connectivity index (χ0) is 14.2. The van der Waals surface area contributed by atoms with Crippen molar-refractivity contribution >= 4 is 10.9 Å². The topological polar surface area (TPSA) is 38.0 Å². The van der Waals surface area contributed by atoms with Crippen LogP contribution in [0.5, 0.6) is 0 Å². The van der Waals surface area contributed by atoms with Gasteiger partial charge in [0, 0.05) is 17.8 Å². The van der Waals surface area contributed by atoms with Gasteiger partial charge in [-0.15, -0.1) is 0 Å². The van der Waals surface area contributed by atoms with Crippen molar-refractivity contribution in [2.24, 2.45) is 5.92 Å². The molecule has 1 saturated carbocycles. The Bertz CT molecular complexity index is 773. The number of aromatic nitrogens is 2. The molecule has 3 heteroatoms. The third kappa shape index (κ3) is 2.57. The molecule has 1 fully saturated rings. The summed E-state index contributed by atoms with van der Waals surface area (Å²) in [5, 5.41) is 11.3.